The summed E-state index contributed by atoms with van der Waals surface area (Å²) in [6.45, 7) is 1.15. The summed E-state index contributed by atoms with van der Waals surface area (Å²) >= 11 is 1.34. The number of fused-ring (bicyclic) bond motifs is 1. The number of rotatable bonds is 3. The third-order valence-electron chi connectivity index (χ3n) is 3.82. The van der Waals surface area contributed by atoms with E-state index in [0.717, 1.165) is 21.2 Å². The average molecular weight is 359 g/mol. The van der Waals surface area contributed by atoms with Crippen molar-refractivity contribution in [2.75, 3.05) is 25.1 Å². The van der Waals surface area contributed by atoms with Crippen LogP contribution < -0.4 is 5.32 Å². The van der Waals surface area contributed by atoms with Gasteiger partial charge in [-0.05, 0) is 17.0 Å². The fourth-order valence-corrected chi connectivity index (χ4v) is 3.37. The number of hydrogen-bond acceptors (Lipinski definition) is 6. The Hall–Kier alpha value is -2.42. The molecule has 1 atom stereocenters. The Kier molecular flexibility index (Phi) is 4.39. The van der Waals surface area contributed by atoms with Gasteiger partial charge in [-0.1, -0.05) is 23.5 Å². The van der Waals surface area contributed by atoms with Crippen molar-refractivity contribution in [1.29, 1.82) is 0 Å². The molecule has 0 saturated carbocycles. The van der Waals surface area contributed by atoms with E-state index >= 15 is 0 Å². The molecular formula is C17H14FN3O3S. The van der Waals surface area contributed by atoms with Gasteiger partial charge in [-0.3, -0.25) is 10.1 Å². The van der Waals surface area contributed by atoms with Crippen LogP contribution in [0.4, 0.5) is 9.52 Å². The van der Waals surface area contributed by atoms with Crippen molar-refractivity contribution in [2.45, 2.75) is 6.10 Å². The second-order valence-corrected chi connectivity index (χ2v) is 6.55. The summed E-state index contributed by atoms with van der Waals surface area (Å²) in [5, 5.41) is 4.84. The molecule has 0 aliphatic carbocycles. The molecule has 2 aromatic heterocycles. The number of anilines is 1. The van der Waals surface area contributed by atoms with Gasteiger partial charge in [0.25, 0.3) is 5.91 Å². The van der Waals surface area contributed by atoms with Gasteiger partial charge in [0.2, 0.25) is 5.95 Å². The maximum absolute atomic E-state index is 13.3. The lowest BCUT2D eigenvalue weighted by molar-refractivity contribution is -0.142. The van der Waals surface area contributed by atoms with Crippen LogP contribution in [-0.4, -0.2) is 41.8 Å². The first-order chi connectivity index (χ1) is 12.2. The molecule has 25 heavy (non-hydrogen) atoms. The fraction of sp³-hybridized carbons (Fsp3) is 0.235. The molecule has 1 aromatic carbocycles. The molecule has 1 N–H and O–H groups in total. The van der Waals surface area contributed by atoms with E-state index in [2.05, 4.69) is 15.3 Å². The number of nitrogens with zero attached hydrogens (tertiary/aromatic N) is 2. The Morgan fingerprint density at radius 2 is 2.12 bits per heavy atom. The topological polar surface area (TPSA) is 73.3 Å². The molecule has 0 radical (unpaired) electrons. The van der Waals surface area contributed by atoms with Crippen molar-refractivity contribution < 1.29 is 18.7 Å². The van der Waals surface area contributed by atoms with Gasteiger partial charge in [-0.2, -0.15) is 4.39 Å². The molecule has 1 aliphatic rings. The molecule has 1 saturated heterocycles. The van der Waals surface area contributed by atoms with Gasteiger partial charge in [0.05, 0.1) is 24.7 Å². The van der Waals surface area contributed by atoms with Gasteiger partial charge < -0.3 is 9.47 Å². The lowest BCUT2D eigenvalue weighted by Crippen LogP contribution is -2.39. The van der Waals surface area contributed by atoms with E-state index in [1.807, 2.05) is 18.2 Å². The van der Waals surface area contributed by atoms with Crippen molar-refractivity contribution in [3.8, 4) is 10.4 Å². The van der Waals surface area contributed by atoms with Crippen LogP contribution in [-0.2, 0) is 14.3 Å². The summed E-state index contributed by atoms with van der Waals surface area (Å²) in [6, 6.07) is 7.06. The molecule has 3 heterocycles. The van der Waals surface area contributed by atoms with Crippen LogP contribution in [0.25, 0.3) is 21.2 Å². The first-order valence-corrected chi connectivity index (χ1v) is 8.52. The molecule has 1 amide bonds. The second-order valence-electron chi connectivity index (χ2n) is 5.52. The second kappa shape index (κ2) is 6.83. The van der Waals surface area contributed by atoms with E-state index in [4.69, 9.17) is 9.47 Å². The van der Waals surface area contributed by atoms with Gasteiger partial charge >= 0.3 is 0 Å². The van der Waals surface area contributed by atoms with Gasteiger partial charge in [-0.15, -0.1) is 0 Å². The fourth-order valence-electron chi connectivity index (χ4n) is 2.56. The largest absolute Gasteiger partial charge is 0.376 e. The number of carbonyl (C=O) groups excluding carboxylic acids is 1. The highest BCUT2D eigenvalue weighted by Gasteiger charge is 2.23. The molecule has 0 spiro atoms. The molecule has 1 aliphatic heterocycles. The minimum Gasteiger partial charge on any atom is -0.376 e. The zero-order valence-corrected chi connectivity index (χ0v) is 13.9. The van der Waals surface area contributed by atoms with Crippen LogP contribution in [0.2, 0.25) is 0 Å². The van der Waals surface area contributed by atoms with Crippen molar-refractivity contribution in [2.24, 2.45) is 0 Å². The number of nitrogens with one attached hydrogen (secondary N) is 1. The normalized spacial score (nSPS) is 17.6. The molecule has 0 bridgehead atoms. The minimum atomic E-state index is -0.614. The standard InChI is InChI=1S/C17H14FN3O3S/c18-15-6-12-5-10(1-2-11(12)7-19-15)14-8-20-17(25-14)21-16(22)13-9-23-3-4-24-13/h1-2,5-8,13H,3-4,9H2,(H,20,21,22). The van der Waals surface area contributed by atoms with Crippen LogP contribution in [0.1, 0.15) is 0 Å². The molecule has 1 fully saturated rings. The Morgan fingerprint density at radius 1 is 1.20 bits per heavy atom. The Labute approximate surface area is 146 Å². The minimum absolute atomic E-state index is 0.244. The van der Waals surface area contributed by atoms with Crippen molar-refractivity contribution in [3.05, 3.63) is 42.6 Å². The third kappa shape index (κ3) is 3.51. The van der Waals surface area contributed by atoms with Crippen molar-refractivity contribution in [1.82, 2.24) is 9.97 Å². The number of pyridine rings is 1. The molecule has 4 rings (SSSR count). The van der Waals surface area contributed by atoms with E-state index in [-0.39, 0.29) is 12.5 Å². The number of benzene rings is 1. The van der Waals surface area contributed by atoms with Crippen LogP contribution in [0.15, 0.2) is 36.7 Å². The molecule has 128 valence electrons. The molecule has 1 unspecified atom stereocenters. The first kappa shape index (κ1) is 16.1. The Balaban J connectivity index is 1.53. The van der Waals surface area contributed by atoms with E-state index in [9.17, 15) is 9.18 Å². The monoisotopic (exact) mass is 359 g/mol. The number of thiazole rings is 1. The van der Waals surface area contributed by atoms with Crippen molar-refractivity contribution in [3.63, 3.8) is 0 Å². The zero-order valence-electron chi connectivity index (χ0n) is 13.1. The Bertz CT molecular complexity index is 924. The van der Waals surface area contributed by atoms with Crippen molar-refractivity contribution >= 4 is 33.1 Å². The van der Waals surface area contributed by atoms with Gasteiger partial charge in [-0.25, -0.2) is 9.97 Å². The summed E-state index contributed by atoms with van der Waals surface area (Å²) < 4.78 is 23.9. The lowest BCUT2D eigenvalue weighted by Gasteiger charge is -2.21. The highest BCUT2D eigenvalue weighted by Crippen LogP contribution is 2.31. The number of halogens is 1. The smallest absolute Gasteiger partial charge is 0.257 e. The number of carbonyl (C=O) groups is 1. The summed E-state index contributed by atoms with van der Waals surface area (Å²) in [4.78, 5) is 20.9. The quantitative estimate of drug-likeness (QED) is 0.728. The highest BCUT2D eigenvalue weighted by molar-refractivity contribution is 7.19. The average Bonchev–Trinajstić information content (AvgIpc) is 3.10. The van der Waals surface area contributed by atoms with E-state index < -0.39 is 12.1 Å². The number of aromatic nitrogens is 2. The molecular weight excluding hydrogens is 345 g/mol. The number of ether oxygens (including phenoxy) is 2. The SMILES string of the molecule is O=C(Nc1ncc(-c2ccc3cnc(F)cc3c2)s1)C1COCCO1. The summed E-state index contributed by atoms with van der Waals surface area (Å²) in [6.07, 6.45) is 2.56. The predicted molar refractivity (Wildman–Crippen MR) is 92.0 cm³/mol. The van der Waals surface area contributed by atoms with Gasteiger partial charge in [0.15, 0.2) is 11.2 Å². The number of hydrogen-bond donors (Lipinski definition) is 1. The molecule has 6 nitrogen and oxygen atoms in total. The van der Waals surface area contributed by atoms with E-state index in [1.165, 1.54) is 23.6 Å². The van der Waals surface area contributed by atoms with Crippen LogP contribution in [0, 0.1) is 5.95 Å². The predicted octanol–water partition coefficient (Wildman–Crippen LogP) is 2.85. The third-order valence-corrected chi connectivity index (χ3v) is 4.78. The van der Waals surface area contributed by atoms with E-state index in [1.54, 1.807) is 6.20 Å². The van der Waals surface area contributed by atoms with E-state index in [0.29, 0.717) is 18.3 Å². The van der Waals surface area contributed by atoms with Gasteiger partial charge in [0, 0.05) is 23.8 Å². The molecule has 8 heteroatoms. The van der Waals surface area contributed by atoms with Crippen LogP contribution in [0.5, 0.6) is 0 Å². The van der Waals surface area contributed by atoms with Crippen LogP contribution in [0.3, 0.4) is 0 Å². The Morgan fingerprint density at radius 3 is 2.96 bits per heavy atom. The highest BCUT2D eigenvalue weighted by atomic mass is 32.1. The summed E-state index contributed by atoms with van der Waals surface area (Å²) in [5.41, 5.74) is 0.897. The van der Waals surface area contributed by atoms with Gasteiger partial charge in [0.1, 0.15) is 0 Å². The maximum Gasteiger partial charge on any atom is 0.257 e. The lowest BCUT2D eigenvalue weighted by atomic mass is 10.1. The zero-order chi connectivity index (χ0) is 17.2. The summed E-state index contributed by atoms with van der Waals surface area (Å²) in [5.74, 6) is -0.788. The van der Waals surface area contributed by atoms with Crippen LogP contribution >= 0.6 is 11.3 Å². The molecule has 3 aromatic rings. The maximum atomic E-state index is 13.3. The summed E-state index contributed by atoms with van der Waals surface area (Å²) in [7, 11) is 0. The number of amides is 1. The first-order valence-electron chi connectivity index (χ1n) is 7.71.